The van der Waals surface area contributed by atoms with E-state index >= 15 is 0 Å². The van der Waals surface area contributed by atoms with E-state index in [-0.39, 0.29) is 11.7 Å². The summed E-state index contributed by atoms with van der Waals surface area (Å²) in [6, 6.07) is 7.39. The van der Waals surface area contributed by atoms with Crippen molar-refractivity contribution < 1.29 is 14.3 Å². The fraction of sp³-hybridized carbons (Fsp3) is 0.294. The molecular formula is C17H17N3O3S. The summed E-state index contributed by atoms with van der Waals surface area (Å²) in [5, 5.41) is 3.37. The number of aliphatic imine (C=N–C) groups is 2. The average molecular weight is 343 g/mol. The summed E-state index contributed by atoms with van der Waals surface area (Å²) < 4.78 is 5.15. The number of fused-ring (bicyclic) bond motifs is 1. The number of amides is 2. The lowest BCUT2D eigenvalue weighted by atomic mass is 10.0. The molecule has 0 spiro atoms. The number of ether oxygens (including phenoxy) is 1. The van der Waals surface area contributed by atoms with Gasteiger partial charge in [0.2, 0.25) is 5.84 Å². The predicted molar refractivity (Wildman–Crippen MR) is 94.2 cm³/mol. The normalized spacial score (nSPS) is 19.6. The maximum Gasteiger partial charge on any atom is 0.289 e. The number of thioether (sulfide) groups is 1. The van der Waals surface area contributed by atoms with Gasteiger partial charge in [0.25, 0.3) is 11.8 Å². The molecule has 0 aromatic heterocycles. The van der Waals surface area contributed by atoms with E-state index in [0.717, 1.165) is 21.8 Å². The number of benzene rings is 1. The third-order valence-corrected chi connectivity index (χ3v) is 5.13. The maximum atomic E-state index is 12.3. The van der Waals surface area contributed by atoms with Crippen LogP contribution in [0.15, 0.2) is 44.7 Å². The fourth-order valence-corrected chi connectivity index (χ4v) is 3.63. The van der Waals surface area contributed by atoms with Gasteiger partial charge in [-0.2, -0.15) is 4.99 Å². The summed E-state index contributed by atoms with van der Waals surface area (Å²) in [4.78, 5) is 33.6. The number of nitrogens with one attached hydrogen (secondary N) is 1. The molecule has 7 heteroatoms. The first-order chi connectivity index (χ1) is 11.5. The minimum absolute atomic E-state index is 0.0795. The van der Waals surface area contributed by atoms with Gasteiger partial charge in [-0.05, 0) is 42.0 Å². The number of hydrogen-bond donors (Lipinski definition) is 1. The van der Waals surface area contributed by atoms with Gasteiger partial charge in [-0.25, -0.2) is 4.99 Å². The van der Waals surface area contributed by atoms with Crippen LogP contribution in [-0.4, -0.2) is 29.8 Å². The standard InChI is InChI=1S/C17H17N3O3S/c1-9-10(2)24-17-13(9)15(21)19-14(20-17)16(22)18-8-11-5-4-6-12(7-11)23-3/h4-7,13H,8H2,1-3H3,(H,18,22). The number of allylic oxidation sites excluding steroid dienone is 1. The third-order valence-electron chi connectivity index (χ3n) is 3.96. The van der Waals surface area contributed by atoms with Gasteiger partial charge in [-0.3, -0.25) is 9.59 Å². The van der Waals surface area contributed by atoms with Gasteiger partial charge in [0.05, 0.1) is 12.2 Å². The van der Waals surface area contributed by atoms with Crippen LogP contribution in [0, 0.1) is 5.92 Å². The fourth-order valence-electron chi connectivity index (χ4n) is 2.51. The van der Waals surface area contributed by atoms with Gasteiger partial charge in [0, 0.05) is 6.54 Å². The lowest BCUT2D eigenvalue weighted by Gasteiger charge is -2.14. The summed E-state index contributed by atoms with van der Waals surface area (Å²) in [5.74, 6) is -0.559. The van der Waals surface area contributed by atoms with Gasteiger partial charge in [0.1, 0.15) is 11.7 Å². The largest absolute Gasteiger partial charge is 0.497 e. The molecule has 2 aliphatic heterocycles. The first kappa shape index (κ1) is 16.4. The number of nitrogens with zero attached hydrogens (tertiary/aromatic N) is 2. The molecule has 1 aromatic rings. The minimum Gasteiger partial charge on any atom is -0.497 e. The van der Waals surface area contributed by atoms with Crippen molar-refractivity contribution in [3.8, 4) is 5.75 Å². The van der Waals surface area contributed by atoms with Gasteiger partial charge in [-0.15, -0.1) is 0 Å². The molecule has 1 aromatic carbocycles. The topological polar surface area (TPSA) is 80.1 Å². The highest BCUT2D eigenvalue weighted by Crippen LogP contribution is 2.39. The number of rotatable bonds is 4. The van der Waals surface area contributed by atoms with Gasteiger partial charge < -0.3 is 10.1 Å². The van der Waals surface area contributed by atoms with Crippen LogP contribution in [0.3, 0.4) is 0 Å². The van der Waals surface area contributed by atoms with Crippen LogP contribution in [0.2, 0.25) is 0 Å². The van der Waals surface area contributed by atoms with Crippen molar-refractivity contribution in [2.24, 2.45) is 15.9 Å². The molecule has 2 aliphatic rings. The Bertz CT molecular complexity index is 811. The second-order valence-electron chi connectivity index (χ2n) is 5.53. The summed E-state index contributed by atoms with van der Waals surface area (Å²) in [6.45, 7) is 4.15. The summed E-state index contributed by atoms with van der Waals surface area (Å²) in [6.07, 6.45) is 0. The summed E-state index contributed by atoms with van der Waals surface area (Å²) in [7, 11) is 1.59. The third kappa shape index (κ3) is 3.12. The number of carbonyl (C=O) groups is 2. The first-order valence-electron chi connectivity index (χ1n) is 7.47. The van der Waals surface area contributed by atoms with E-state index in [1.807, 2.05) is 38.1 Å². The van der Waals surface area contributed by atoms with Crippen molar-refractivity contribution in [2.75, 3.05) is 7.11 Å². The first-order valence-corrected chi connectivity index (χ1v) is 8.28. The monoisotopic (exact) mass is 343 g/mol. The Labute approximate surface area is 144 Å². The Hall–Kier alpha value is -2.41. The molecule has 2 heterocycles. The molecule has 24 heavy (non-hydrogen) atoms. The van der Waals surface area contributed by atoms with Crippen LogP contribution in [0.5, 0.6) is 5.75 Å². The minimum atomic E-state index is -0.458. The molecule has 0 saturated carbocycles. The van der Waals surface area contributed by atoms with Crippen molar-refractivity contribution in [1.82, 2.24) is 5.32 Å². The lowest BCUT2D eigenvalue weighted by molar-refractivity contribution is -0.120. The zero-order valence-electron chi connectivity index (χ0n) is 13.6. The van der Waals surface area contributed by atoms with Crippen LogP contribution >= 0.6 is 11.8 Å². The molecule has 2 amide bonds. The van der Waals surface area contributed by atoms with E-state index in [1.165, 1.54) is 11.8 Å². The van der Waals surface area contributed by atoms with Crippen molar-refractivity contribution in [3.05, 3.63) is 40.3 Å². The Kier molecular flexibility index (Phi) is 4.53. The van der Waals surface area contributed by atoms with Gasteiger partial charge >= 0.3 is 0 Å². The van der Waals surface area contributed by atoms with E-state index in [2.05, 4.69) is 15.3 Å². The summed E-state index contributed by atoms with van der Waals surface area (Å²) in [5.41, 5.74) is 1.85. The van der Waals surface area contributed by atoms with Gasteiger partial charge in [0.15, 0.2) is 0 Å². The average Bonchev–Trinajstić information content (AvgIpc) is 2.87. The molecular weight excluding hydrogens is 326 g/mol. The quantitative estimate of drug-likeness (QED) is 0.910. The zero-order chi connectivity index (χ0) is 17.3. The Morgan fingerprint density at radius 2 is 2.12 bits per heavy atom. The highest BCUT2D eigenvalue weighted by molar-refractivity contribution is 8.17. The Morgan fingerprint density at radius 1 is 1.33 bits per heavy atom. The van der Waals surface area contributed by atoms with E-state index < -0.39 is 11.8 Å². The molecule has 3 rings (SSSR count). The lowest BCUT2D eigenvalue weighted by Crippen LogP contribution is -2.35. The second kappa shape index (κ2) is 6.60. The molecule has 0 aliphatic carbocycles. The maximum absolute atomic E-state index is 12.3. The highest BCUT2D eigenvalue weighted by atomic mass is 32.2. The second-order valence-corrected chi connectivity index (χ2v) is 6.77. The Morgan fingerprint density at radius 3 is 2.88 bits per heavy atom. The highest BCUT2D eigenvalue weighted by Gasteiger charge is 2.37. The van der Waals surface area contributed by atoms with E-state index in [1.54, 1.807) is 7.11 Å². The van der Waals surface area contributed by atoms with Crippen LogP contribution in [0.25, 0.3) is 0 Å². The van der Waals surface area contributed by atoms with Crippen LogP contribution in [0.1, 0.15) is 19.4 Å². The molecule has 0 saturated heterocycles. The van der Waals surface area contributed by atoms with E-state index in [9.17, 15) is 9.59 Å². The van der Waals surface area contributed by atoms with E-state index in [0.29, 0.717) is 11.6 Å². The number of hydrogen-bond acceptors (Lipinski definition) is 5. The molecule has 124 valence electrons. The van der Waals surface area contributed by atoms with Crippen LogP contribution in [-0.2, 0) is 16.1 Å². The molecule has 1 unspecified atom stereocenters. The van der Waals surface area contributed by atoms with Crippen LogP contribution in [0.4, 0.5) is 0 Å². The SMILES string of the molecule is COc1cccc(CNC(=O)C2=NC(=O)C3C(=N2)SC(C)=C3C)c1. The van der Waals surface area contributed by atoms with Crippen molar-refractivity contribution >= 4 is 34.5 Å². The molecule has 1 N–H and O–H groups in total. The number of carbonyl (C=O) groups excluding carboxylic acids is 2. The number of methoxy groups -OCH3 is 1. The molecule has 0 radical (unpaired) electrons. The molecule has 6 nitrogen and oxygen atoms in total. The van der Waals surface area contributed by atoms with Crippen molar-refractivity contribution in [3.63, 3.8) is 0 Å². The van der Waals surface area contributed by atoms with Crippen LogP contribution < -0.4 is 10.1 Å². The molecule has 1 atom stereocenters. The van der Waals surface area contributed by atoms with E-state index in [4.69, 9.17) is 4.74 Å². The zero-order valence-corrected chi connectivity index (χ0v) is 14.4. The summed E-state index contributed by atoms with van der Waals surface area (Å²) >= 11 is 1.43. The van der Waals surface area contributed by atoms with Crippen molar-refractivity contribution in [2.45, 2.75) is 20.4 Å². The van der Waals surface area contributed by atoms with Crippen molar-refractivity contribution in [1.29, 1.82) is 0 Å². The number of amidine groups is 1. The molecule has 0 bridgehead atoms. The van der Waals surface area contributed by atoms with Gasteiger partial charge in [-0.1, -0.05) is 23.9 Å². The smallest absolute Gasteiger partial charge is 0.289 e. The predicted octanol–water partition coefficient (Wildman–Crippen LogP) is 2.31. The Balaban J connectivity index is 1.69. The molecule has 0 fully saturated rings.